The lowest BCUT2D eigenvalue weighted by Crippen LogP contribution is -2.60. The number of esters is 1. The van der Waals surface area contributed by atoms with Crippen LogP contribution in [0.4, 0.5) is 4.79 Å². The third-order valence-corrected chi connectivity index (χ3v) is 12.6. The summed E-state index contributed by atoms with van der Waals surface area (Å²) in [5, 5.41) is 11.4. The fourth-order valence-corrected chi connectivity index (χ4v) is 9.32. The van der Waals surface area contributed by atoms with Crippen molar-refractivity contribution in [3.63, 3.8) is 0 Å². The molecule has 15 nitrogen and oxygen atoms in total. The first kappa shape index (κ1) is 44.3. The van der Waals surface area contributed by atoms with Crippen molar-refractivity contribution >= 4 is 34.8 Å². The molecule has 1 N–H and O–H groups in total. The molecule has 1 amide bonds. The van der Waals surface area contributed by atoms with Crippen molar-refractivity contribution in [3.8, 4) is 0 Å². The Bertz CT molecular complexity index is 1770. The Morgan fingerprint density at radius 3 is 2.40 bits per heavy atom. The first-order valence-electron chi connectivity index (χ1n) is 20.3. The van der Waals surface area contributed by atoms with E-state index in [1.54, 1.807) is 52.0 Å². The van der Waals surface area contributed by atoms with E-state index in [1.165, 1.54) is 20.1 Å². The molecule has 5 heterocycles. The van der Waals surface area contributed by atoms with Gasteiger partial charge in [-0.05, 0) is 85.2 Å². The van der Waals surface area contributed by atoms with Crippen LogP contribution in [-0.2, 0) is 44.6 Å². The van der Waals surface area contributed by atoms with Crippen LogP contribution >= 0.6 is 0 Å². The standard InChI is InChI=1S/C42H63N5O10/c1-12-31-42(13-2)35(47(40(52)57-42)20-15-14-19-46-23-44-37-29(46)17-16-18-43-37)26(5)32(48)24(3)22-41(8,53-11)36(27(6)33(49)28(7)38(51)55-31)56-39-34(50)30(45(9)10)21-25(4)54-39/h13,16-18,23-28,30-31,34-36,39,50H,2,12,14-15,19-22H2,1,3-11H3/t24-,25-,26+,27+,28-,30+,31-,34-,35-,36-,39?,41+,42-/m1/s1. The summed E-state index contributed by atoms with van der Waals surface area (Å²) in [4.78, 5) is 69.2. The summed E-state index contributed by atoms with van der Waals surface area (Å²) in [6, 6.07) is 2.63. The van der Waals surface area contributed by atoms with Crippen LogP contribution in [0.15, 0.2) is 37.3 Å². The number of aliphatic hydroxyl groups excluding tert-OH is 1. The van der Waals surface area contributed by atoms with Crippen LogP contribution in [0.5, 0.6) is 0 Å². The number of imidazole rings is 1. The normalized spacial score (nSPS) is 37.2. The van der Waals surface area contributed by atoms with Gasteiger partial charge in [-0.2, -0.15) is 0 Å². The molecule has 57 heavy (non-hydrogen) atoms. The van der Waals surface area contributed by atoms with Crippen molar-refractivity contribution < 1.29 is 48.0 Å². The molecule has 3 saturated heterocycles. The van der Waals surface area contributed by atoms with Crippen LogP contribution in [0.1, 0.15) is 80.6 Å². The average molecular weight is 798 g/mol. The third-order valence-electron chi connectivity index (χ3n) is 12.6. The first-order chi connectivity index (χ1) is 26.9. The molecule has 13 atom stereocenters. The topological polar surface area (TPSA) is 172 Å². The van der Waals surface area contributed by atoms with Gasteiger partial charge in [0.05, 0.1) is 35.7 Å². The Morgan fingerprint density at radius 1 is 1.05 bits per heavy atom. The number of hydrogen-bond acceptors (Lipinski definition) is 13. The molecule has 3 aliphatic heterocycles. The molecule has 0 aromatic carbocycles. The van der Waals surface area contributed by atoms with E-state index in [1.807, 2.05) is 42.6 Å². The van der Waals surface area contributed by atoms with E-state index in [2.05, 4.69) is 16.5 Å². The maximum atomic E-state index is 14.8. The fraction of sp³-hybridized carbons (Fsp3) is 0.714. The molecule has 0 spiro atoms. The number of aromatic nitrogens is 3. The number of carbonyl (C=O) groups excluding carboxylic acids is 4. The summed E-state index contributed by atoms with van der Waals surface area (Å²) in [6.07, 6.45) is 1.82. The maximum absolute atomic E-state index is 14.8. The molecular formula is C42H63N5O10. The second kappa shape index (κ2) is 18.0. The number of aliphatic hydroxyl groups is 1. The predicted octanol–water partition coefficient (Wildman–Crippen LogP) is 4.58. The zero-order valence-corrected chi connectivity index (χ0v) is 35.3. The van der Waals surface area contributed by atoms with Crippen molar-refractivity contribution in [2.24, 2.45) is 23.7 Å². The van der Waals surface area contributed by atoms with Gasteiger partial charge in [-0.1, -0.05) is 34.3 Å². The summed E-state index contributed by atoms with van der Waals surface area (Å²) >= 11 is 0. The average Bonchev–Trinajstić information content (AvgIpc) is 3.74. The molecule has 0 aliphatic carbocycles. The molecule has 0 saturated carbocycles. The lowest BCUT2D eigenvalue weighted by atomic mass is 9.72. The Labute approximate surface area is 336 Å². The summed E-state index contributed by atoms with van der Waals surface area (Å²) < 4.78 is 33.3. The number of likely N-dealkylation sites (N-methyl/N-ethyl adjacent to an activating group) is 1. The first-order valence-corrected chi connectivity index (χ1v) is 20.3. The Balaban J connectivity index is 1.49. The molecular weight excluding hydrogens is 734 g/mol. The maximum Gasteiger partial charge on any atom is 0.411 e. The smallest absolute Gasteiger partial charge is 0.411 e. The minimum atomic E-state index is -1.59. The number of pyridine rings is 1. The molecule has 2 aromatic rings. The van der Waals surface area contributed by atoms with Crippen molar-refractivity contribution in [1.82, 2.24) is 24.3 Å². The summed E-state index contributed by atoms with van der Waals surface area (Å²) in [7, 11) is 5.22. The number of fused-ring (bicyclic) bond motifs is 2. The third kappa shape index (κ3) is 8.68. The second-order valence-corrected chi connectivity index (χ2v) is 16.7. The summed E-state index contributed by atoms with van der Waals surface area (Å²) in [5.74, 6) is -5.19. The van der Waals surface area contributed by atoms with Gasteiger partial charge in [0.25, 0.3) is 0 Å². The molecule has 316 valence electrons. The molecule has 0 radical (unpaired) electrons. The SMILES string of the molecule is C=C[C@]12OC(=O)N(CCCCn3cnc4ncccc43)[C@@H]1[C@@H](C)C(=O)[C@H](C)C[C@](C)(OC)[C@H](OC1O[C@H](C)C[C@H](N(C)C)[C@H]1O)[C@@H](C)C(=O)[C@@H](C)C(=O)O[C@@H]2CC. The van der Waals surface area contributed by atoms with E-state index in [4.69, 9.17) is 23.7 Å². The van der Waals surface area contributed by atoms with Crippen LogP contribution in [0.3, 0.4) is 0 Å². The number of rotatable bonds is 11. The predicted molar refractivity (Wildman–Crippen MR) is 211 cm³/mol. The number of Topliss-reactive ketones (excluding diaryl/α,β-unsaturated/α-hetero) is 2. The largest absolute Gasteiger partial charge is 0.457 e. The van der Waals surface area contributed by atoms with Gasteiger partial charge in [0.2, 0.25) is 0 Å². The number of hydrogen-bond donors (Lipinski definition) is 1. The van der Waals surface area contributed by atoms with Crippen molar-refractivity contribution in [2.45, 2.75) is 141 Å². The van der Waals surface area contributed by atoms with E-state index < -0.39 is 83.4 Å². The quantitative estimate of drug-likeness (QED) is 0.145. The van der Waals surface area contributed by atoms with Gasteiger partial charge in [0, 0.05) is 50.2 Å². The summed E-state index contributed by atoms with van der Waals surface area (Å²) in [5.41, 5.74) is -1.32. The second-order valence-electron chi connectivity index (χ2n) is 16.7. The van der Waals surface area contributed by atoms with Gasteiger partial charge < -0.3 is 38.3 Å². The Hall–Kier alpha value is -3.76. The van der Waals surface area contributed by atoms with E-state index in [-0.39, 0.29) is 37.3 Å². The van der Waals surface area contributed by atoms with Crippen LogP contribution in [0, 0.1) is 23.7 Å². The van der Waals surface area contributed by atoms with Gasteiger partial charge in [-0.15, -0.1) is 0 Å². The Morgan fingerprint density at radius 2 is 1.75 bits per heavy atom. The molecule has 2 aromatic heterocycles. The molecule has 3 aliphatic rings. The van der Waals surface area contributed by atoms with Crippen molar-refractivity contribution in [3.05, 3.63) is 37.3 Å². The summed E-state index contributed by atoms with van der Waals surface area (Å²) in [6.45, 7) is 17.1. The monoisotopic (exact) mass is 797 g/mol. The zero-order chi connectivity index (χ0) is 42.0. The number of methoxy groups -OCH3 is 1. The number of amides is 1. The lowest BCUT2D eigenvalue weighted by molar-refractivity contribution is -0.295. The number of ketones is 2. The van der Waals surface area contributed by atoms with Gasteiger partial charge in [0.15, 0.2) is 23.3 Å². The van der Waals surface area contributed by atoms with Crippen LogP contribution < -0.4 is 0 Å². The van der Waals surface area contributed by atoms with E-state index in [0.717, 1.165) is 5.52 Å². The van der Waals surface area contributed by atoms with E-state index in [9.17, 15) is 24.3 Å². The van der Waals surface area contributed by atoms with Crippen LogP contribution in [-0.4, -0.2) is 135 Å². The number of carbonyl (C=O) groups is 4. The zero-order valence-electron chi connectivity index (χ0n) is 35.3. The lowest BCUT2D eigenvalue weighted by Gasteiger charge is -2.47. The highest BCUT2D eigenvalue weighted by atomic mass is 16.7. The van der Waals surface area contributed by atoms with Crippen molar-refractivity contribution in [2.75, 3.05) is 27.7 Å². The molecule has 3 fully saturated rings. The molecule has 5 rings (SSSR count). The molecule has 0 bridgehead atoms. The highest BCUT2D eigenvalue weighted by molar-refractivity contribution is 6.00. The molecule has 15 heteroatoms. The number of aryl methyl sites for hydroxylation is 1. The number of nitrogens with zero attached hydrogens (tertiary/aromatic N) is 5. The van der Waals surface area contributed by atoms with E-state index >= 15 is 0 Å². The highest BCUT2D eigenvalue weighted by Gasteiger charge is 2.61. The van der Waals surface area contributed by atoms with Gasteiger partial charge >= 0.3 is 12.1 Å². The van der Waals surface area contributed by atoms with Gasteiger partial charge in [-0.25, -0.2) is 14.8 Å². The Kier molecular flexibility index (Phi) is 14.0. The van der Waals surface area contributed by atoms with Gasteiger partial charge in [0.1, 0.15) is 23.9 Å². The number of unbranched alkanes of at least 4 members (excludes halogenated alkanes) is 1. The number of ether oxygens (including phenoxy) is 5. The highest BCUT2D eigenvalue weighted by Crippen LogP contribution is 2.44. The fourth-order valence-electron chi connectivity index (χ4n) is 9.32. The molecule has 1 unspecified atom stereocenters. The minimum Gasteiger partial charge on any atom is -0.457 e. The van der Waals surface area contributed by atoms with E-state index in [0.29, 0.717) is 31.5 Å². The van der Waals surface area contributed by atoms with Crippen LogP contribution in [0.25, 0.3) is 11.2 Å². The van der Waals surface area contributed by atoms with Crippen LogP contribution in [0.2, 0.25) is 0 Å². The van der Waals surface area contributed by atoms with Gasteiger partial charge in [-0.3, -0.25) is 19.3 Å². The number of cyclic esters (lactones) is 1. The van der Waals surface area contributed by atoms with Crippen molar-refractivity contribution in [1.29, 1.82) is 0 Å². The minimum absolute atomic E-state index is 0.108.